The normalized spacial score (nSPS) is 11.5. The highest BCUT2D eigenvalue weighted by Crippen LogP contribution is 2.35. The van der Waals surface area contributed by atoms with E-state index in [-0.39, 0.29) is 5.03 Å². The highest BCUT2D eigenvalue weighted by Gasteiger charge is 2.15. The van der Waals surface area contributed by atoms with E-state index in [0.29, 0.717) is 5.56 Å². The Labute approximate surface area is 163 Å². The molecule has 0 saturated heterocycles. The number of carbonyl (C=O) groups is 1. The summed E-state index contributed by atoms with van der Waals surface area (Å²) in [5, 5.41) is 12.3. The zero-order chi connectivity index (χ0) is 19.2. The van der Waals surface area contributed by atoms with Crippen molar-refractivity contribution in [1.82, 2.24) is 5.32 Å². The molecule has 0 atom stereocenters. The van der Waals surface area contributed by atoms with Crippen molar-refractivity contribution in [2.45, 2.75) is 0 Å². The van der Waals surface area contributed by atoms with Crippen molar-refractivity contribution in [2.75, 3.05) is 11.9 Å². The number of halogens is 1. The van der Waals surface area contributed by atoms with Crippen molar-refractivity contribution in [1.29, 1.82) is 0 Å². The predicted molar refractivity (Wildman–Crippen MR) is 111 cm³/mol. The van der Waals surface area contributed by atoms with Gasteiger partial charge in [-0.25, -0.2) is 0 Å². The molecule has 0 radical (unpaired) electrons. The van der Waals surface area contributed by atoms with Crippen LogP contribution in [-0.4, -0.2) is 18.1 Å². The maximum Gasteiger partial charge on any atom is 0.287 e. The molecule has 0 fully saturated rings. The van der Waals surface area contributed by atoms with Gasteiger partial charge in [-0.3, -0.25) is 4.79 Å². The lowest BCUT2D eigenvalue weighted by Crippen LogP contribution is -2.20. The van der Waals surface area contributed by atoms with Gasteiger partial charge in [0.1, 0.15) is 0 Å². The Morgan fingerprint density at radius 3 is 1.70 bits per heavy atom. The van der Waals surface area contributed by atoms with Crippen LogP contribution in [0.1, 0.15) is 5.56 Å². The molecule has 0 aliphatic heterocycles. The zero-order valence-corrected chi connectivity index (χ0v) is 15.5. The predicted octanol–water partition coefficient (Wildman–Crippen LogP) is 5.37. The van der Waals surface area contributed by atoms with Crippen LogP contribution in [0.25, 0.3) is 5.03 Å². The number of rotatable bonds is 5. The molecule has 0 aliphatic rings. The number of amides is 1. The molecule has 0 unspecified atom stereocenters. The van der Waals surface area contributed by atoms with E-state index in [0.717, 1.165) is 17.1 Å². The molecule has 1 amide bonds. The summed E-state index contributed by atoms with van der Waals surface area (Å²) < 4.78 is 0. The topological polar surface area (TPSA) is 52.6 Å². The summed E-state index contributed by atoms with van der Waals surface area (Å²) in [6.07, 6.45) is 0. The maximum atomic E-state index is 11.6. The average Bonchev–Trinajstić information content (AvgIpc) is 2.74. The number of hydrogen-bond acceptors (Lipinski definition) is 3. The fourth-order valence-corrected chi connectivity index (χ4v) is 2.92. The second-order valence-electron chi connectivity index (χ2n) is 5.80. The van der Waals surface area contributed by atoms with Gasteiger partial charge in [0.05, 0.1) is 5.03 Å². The Morgan fingerprint density at radius 2 is 1.26 bits per heavy atom. The van der Waals surface area contributed by atoms with Crippen molar-refractivity contribution >= 4 is 39.6 Å². The SMILES string of the molecule is CNC(=O)/C(O)=C(/Cl)c1ccc(N(c2ccccc2)c2ccccc2)cc1. The van der Waals surface area contributed by atoms with Gasteiger partial charge in [-0.2, -0.15) is 0 Å². The Morgan fingerprint density at radius 1 is 0.815 bits per heavy atom. The summed E-state index contributed by atoms with van der Waals surface area (Å²) >= 11 is 6.15. The fourth-order valence-electron chi connectivity index (χ4n) is 2.71. The molecule has 5 heteroatoms. The molecule has 3 rings (SSSR count). The molecule has 27 heavy (non-hydrogen) atoms. The number of para-hydroxylation sites is 2. The number of aliphatic hydroxyl groups is 1. The number of nitrogens with one attached hydrogen (secondary N) is 1. The van der Waals surface area contributed by atoms with Crippen molar-refractivity contribution < 1.29 is 9.90 Å². The second-order valence-corrected chi connectivity index (χ2v) is 6.17. The van der Waals surface area contributed by atoms with Crippen LogP contribution in [0.5, 0.6) is 0 Å². The van der Waals surface area contributed by atoms with Crippen LogP contribution in [0.2, 0.25) is 0 Å². The van der Waals surface area contributed by atoms with Crippen molar-refractivity contribution in [3.05, 3.63) is 96.3 Å². The Bertz CT molecular complexity index is 900. The number of anilines is 3. The fraction of sp³-hybridized carbons (Fsp3) is 0.0455. The lowest BCUT2D eigenvalue weighted by molar-refractivity contribution is -0.119. The van der Waals surface area contributed by atoms with E-state index in [1.165, 1.54) is 7.05 Å². The molecule has 4 nitrogen and oxygen atoms in total. The molecule has 2 N–H and O–H groups in total. The molecule has 0 spiro atoms. The van der Waals surface area contributed by atoms with E-state index in [9.17, 15) is 9.90 Å². The first-order valence-electron chi connectivity index (χ1n) is 8.43. The first-order valence-corrected chi connectivity index (χ1v) is 8.81. The number of likely N-dealkylation sites (N-methyl/N-ethyl adjacent to an activating group) is 1. The highest BCUT2D eigenvalue weighted by molar-refractivity contribution is 6.50. The van der Waals surface area contributed by atoms with E-state index in [4.69, 9.17) is 11.6 Å². The quantitative estimate of drug-likeness (QED) is 0.463. The first-order chi connectivity index (χ1) is 13.1. The summed E-state index contributed by atoms with van der Waals surface area (Å²) in [6.45, 7) is 0. The van der Waals surface area contributed by atoms with Gasteiger partial charge in [0.25, 0.3) is 5.91 Å². The van der Waals surface area contributed by atoms with Gasteiger partial charge in [-0.1, -0.05) is 60.1 Å². The number of benzene rings is 3. The minimum Gasteiger partial charge on any atom is -0.502 e. The van der Waals surface area contributed by atoms with Crippen molar-refractivity contribution in [3.8, 4) is 0 Å². The Kier molecular flexibility index (Phi) is 5.79. The largest absolute Gasteiger partial charge is 0.502 e. The van der Waals surface area contributed by atoms with Crippen LogP contribution in [-0.2, 0) is 4.79 Å². The molecule has 0 heterocycles. The summed E-state index contributed by atoms with van der Waals surface area (Å²) in [4.78, 5) is 13.7. The van der Waals surface area contributed by atoms with Crippen LogP contribution >= 0.6 is 11.6 Å². The minimum atomic E-state index is -0.626. The van der Waals surface area contributed by atoms with Crippen LogP contribution in [0.4, 0.5) is 17.1 Å². The maximum absolute atomic E-state index is 11.6. The summed E-state index contributed by atoms with van der Waals surface area (Å²) in [7, 11) is 1.43. The number of nitrogens with zero attached hydrogens (tertiary/aromatic N) is 1. The second kappa shape index (κ2) is 8.43. The van der Waals surface area contributed by atoms with Gasteiger partial charge in [0.2, 0.25) is 5.76 Å². The molecule has 0 saturated carbocycles. The van der Waals surface area contributed by atoms with Crippen LogP contribution in [0, 0.1) is 0 Å². The zero-order valence-electron chi connectivity index (χ0n) is 14.8. The lowest BCUT2D eigenvalue weighted by atomic mass is 10.1. The smallest absolute Gasteiger partial charge is 0.287 e. The summed E-state index contributed by atoms with van der Waals surface area (Å²) in [6, 6.07) is 27.4. The van der Waals surface area contributed by atoms with Crippen molar-refractivity contribution in [2.24, 2.45) is 0 Å². The average molecular weight is 379 g/mol. The van der Waals surface area contributed by atoms with E-state index in [2.05, 4.69) is 10.2 Å². The Hall–Kier alpha value is -3.24. The molecule has 0 aromatic heterocycles. The Balaban J connectivity index is 2.01. The highest BCUT2D eigenvalue weighted by atomic mass is 35.5. The van der Waals surface area contributed by atoms with Crippen LogP contribution in [0.3, 0.4) is 0 Å². The minimum absolute atomic E-state index is 0.00636. The van der Waals surface area contributed by atoms with Gasteiger partial charge < -0.3 is 15.3 Å². The van der Waals surface area contributed by atoms with Gasteiger partial charge in [0, 0.05) is 24.1 Å². The molecule has 3 aromatic carbocycles. The van der Waals surface area contributed by atoms with Gasteiger partial charge in [0.15, 0.2) is 0 Å². The molecule has 136 valence electrons. The third-order valence-electron chi connectivity index (χ3n) is 4.06. The van der Waals surface area contributed by atoms with E-state index in [1.54, 1.807) is 12.1 Å². The number of carbonyl (C=O) groups excluding carboxylic acids is 1. The number of aliphatic hydroxyl groups excluding tert-OH is 1. The third kappa shape index (κ3) is 4.13. The van der Waals surface area contributed by atoms with Gasteiger partial charge >= 0.3 is 0 Å². The lowest BCUT2D eigenvalue weighted by Gasteiger charge is -2.25. The number of hydrogen-bond donors (Lipinski definition) is 2. The summed E-state index contributed by atoms with van der Waals surface area (Å²) in [5.41, 5.74) is 3.53. The molecule has 0 aliphatic carbocycles. The monoisotopic (exact) mass is 378 g/mol. The standard InChI is InChI=1S/C22H19ClN2O2/c1-24-22(27)21(26)20(23)16-12-14-19(15-13-16)25(17-8-4-2-5-9-17)18-10-6-3-7-11-18/h2-15,26H,1H3,(H,24,27)/b21-20-. The van der Waals surface area contributed by atoms with E-state index < -0.39 is 11.7 Å². The molecule has 0 bridgehead atoms. The third-order valence-corrected chi connectivity index (χ3v) is 4.46. The van der Waals surface area contributed by atoms with E-state index >= 15 is 0 Å². The van der Waals surface area contributed by atoms with E-state index in [1.807, 2.05) is 72.8 Å². The van der Waals surface area contributed by atoms with Gasteiger partial charge in [-0.15, -0.1) is 0 Å². The first kappa shape index (κ1) is 18.5. The van der Waals surface area contributed by atoms with Gasteiger partial charge in [-0.05, 0) is 42.0 Å². The molecular weight excluding hydrogens is 360 g/mol. The molecule has 3 aromatic rings. The summed E-state index contributed by atoms with van der Waals surface area (Å²) in [5.74, 6) is -1.13. The van der Waals surface area contributed by atoms with Crippen molar-refractivity contribution in [3.63, 3.8) is 0 Å². The molecular formula is C22H19ClN2O2. The van der Waals surface area contributed by atoms with Crippen LogP contribution in [0.15, 0.2) is 90.7 Å². The van der Waals surface area contributed by atoms with Crippen LogP contribution < -0.4 is 10.2 Å².